The van der Waals surface area contributed by atoms with Crippen LogP contribution in [0.2, 0.25) is 0 Å². The van der Waals surface area contributed by atoms with Crippen molar-refractivity contribution >= 4 is 34.4 Å². The number of carbonyl (C=O) groups excluding carboxylic acids is 2. The number of anilines is 2. The minimum atomic E-state index is -0.385. The van der Waals surface area contributed by atoms with Gasteiger partial charge in [0.1, 0.15) is 11.9 Å². The van der Waals surface area contributed by atoms with Gasteiger partial charge in [0.15, 0.2) is 6.61 Å². The Labute approximate surface area is 196 Å². The van der Waals surface area contributed by atoms with Crippen molar-refractivity contribution in [2.45, 2.75) is 25.5 Å². The first-order valence-electron chi connectivity index (χ1n) is 11.1. The van der Waals surface area contributed by atoms with Gasteiger partial charge in [-0.2, -0.15) is 0 Å². The molecular formula is C24H25N5O5. The molecule has 10 nitrogen and oxygen atoms in total. The summed E-state index contributed by atoms with van der Waals surface area (Å²) in [7, 11) is 1.57. The Hall–Kier alpha value is -3.92. The van der Waals surface area contributed by atoms with Crippen molar-refractivity contribution in [1.29, 1.82) is 0 Å². The summed E-state index contributed by atoms with van der Waals surface area (Å²) in [5.41, 5.74) is 3.92. The van der Waals surface area contributed by atoms with Crippen molar-refractivity contribution in [1.82, 2.24) is 15.3 Å². The average molecular weight is 463 g/mol. The number of fused-ring (bicyclic) bond motifs is 2. The van der Waals surface area contributed by atoms with E-state index in [0.29, 0.717) is 36.1 Å². The lowest BCUT2D eigenvalue weighted by atomic mass is 10.1. The summed E-state index contributed by atoms with van der Waals surface area (Å²) in [5, 5.41) is 6.19. The molecule has 0 unspecified atom stereocenters. The van der Waals surface area contributed by atoms with Crippen LogP contribution in [0.4, 0.5) is 16.2 Å². The first-order valence-corrected chi connectivity index (χ1v) is 11.1. The molecule has 34 heavy (non-hydrogen) atoms. The van der Waals surface area contributed by atoms with Crippen molar-refractivity contribution in [2.75, 3.05) is 37.0 Å². The molecule has 176 valence electrons. The predicted molar refractivity (Wildman–Crippen MR) is 125 cm³/mol. The monoisotopic (exact) mass is 463 g/mol. The standard InChI is InChI=1S/C24H25N5O5/c1-32-22-12-26-18-6-2-4-15(23(18)28-22)11-25-9-3-5-17-13-29(24(31)34-17)16-7-8-20-19(10-16)27-21(30)14-33-20/h2,4,6-8,10,12,17,25H,3,5,9,11,13-14H2,1H3,(H,27,30)/t17-/m0/s1. The Bertz CT molecular complexity index is 1230. The van der Waals surface area contributed by atoms with E-state index in [-0.39, 0.29) is 24.7 Å². The number of aromatic nitrogens is 2. The fraction of sp³-hybridized carbons (Fsp3) is 0.333. The van der Waals surface area contributed by atoms with E-state index in [9.17, 15) is 9.59 Å². The molecule has 2 amide bonds. The number of amides is 2. The predicted octanol–water partition coefficient (Wildman–Crippen LogP) is 2.86. The summed E-state index contributed by atoms with van der Waals surface area (Å²) in [5.74, 6) is 0.865. The lowest BCUT2D eigenvalue weighted by Gasteiger charge is -2.20. The molecule has 3 aromatic rings. The molecule has 0 bridgehead atoms. The maximum atomic E-state index is 12.4. The highest BCUT2D eigenvalue weighted by Crippen LogP contribution is 2.33. The Kier molecular flexibility index (Phi) is 6.13. The van der Waals surface area contributed by atoms with Gasteiger partial charge >= 0.3 is 6.09 Å². The first-order chi connectivity index (χ1) is 16.6. The van der Waals surface area contributed by atoms with Gasteiger partial charge in [-0.25, -0.2) is 14.8 Å². The van der Waals surface area contributed by atoms with Gasteiger partial charge in [-0.05, 0) is 49.2 Å². The van der Waals surface area contributed by atoms with E-state index in [2.05, 4.69) is 20.6 Å². The Morgan fingerprint density at radius 3 is 3.06 bits per heavy atom. The number of ether oxygens (including phenoxy) is 3. The molecule has 1 aromatic heterocycles. The molecule has 3 heterocycles. The summed E-state index contributed by atoms with van der Waals surface area (Å²) in [6, 6.07) is 11.2. The first kappa shape index (κ1) is 21.9. The van der Waals surface area contributed by atoms with Crippen molar-refractivity contribution in [2.24, 2.45) is 0 Å². The van der Waals surface area contributed by atoms with Gasteiger partial charge in [-0.1, -0.05) is 12.1 Å². The number of nitrogens with one attached hydrogen (secondary N) is 2. The van der Waals surface area contributed by atoms with Gasteiger partial charge in [0, 0.05) is 12.2 Å². The maximum Gasteiger partial charge on any atom is 0.414 e. The van der Waals surface area contributed by atoms with Crippen LogP contribution in [0, 0.1) is 0 Å². The van der Waals surface area contributed by atoms with Crippen LogP contribution in [0.15, 0.2) is 42.6 Å². The van der Waals surface area contributed by atoms with Crippen molar-refractivity contribution in [3.8, 4) is 11.6 Å². The van der Waals surface area contributed by atoms with Crippen LogP contribution in [0.5, 0.6) is 11.6 Å². The second-order valence-electron chi connectivity index (χ2n) is 8.15. The van der Waals surface area contributed by atoms with E-state index in [4.69, 9.17) is 14.2 Å². The molecule has 1 fully saturated rings. The molecule has 2 aromatic carbocycles. The minimum Gasteiger partial charge on any atom is -0.482 e. The van der Waals surface area contributed by atoms with Crippen LogP contribution in [-0.2, 0) is 16.1 Å². The number of nitrogens with zero attached hydrogens (tertiary/aromatic N) is 3. The van der Waals surface area contributed by atoms with Crippen LogP contribution in [-0.4, -0.2) is 54.9 Å². The largest absolute Gasteiger partial charge is 0.482 e. The number of benzene rings is 2. The second kappa shape index (κ2) is 9.52. The highest BCUT2D eigenvalue weighted by Gasteiger charge is 2.32. The van der Waals surface area contributed by atoms with Gasteiger partial charge in [0.2, 0.25) is 5.88 Å². The van der Waals surface area contributed by atoms with Gasteiger partial charge in [0.25, 0.3) is 5.91 Å². The van der Waals surface area contributed by atoms with E-state index < -0.39 is 0 Å². The zero-order valence-electron chi connectivity index (χ0n) is 18.7. The molecule has 0 spiro atoms. The smallest absolute Gasteiger partial charge is 0.414 e. The molecule has 1 saturated heterocycles. The summed E-state index contributed by atoms with van der Waals surface area (Å²) >= 11 is 0. The number of cyclic esters (lactones) is 1. The average Bonchev–Trinajstić information content (AvgIpc) is 3.23. The Balaban J connectivity index is 1.12. The molecule has 0 aliphatic carbocycles. The summed E-state index contributed by atoms with van der Waals surface area (Å²) in [6.45, 7) is 1.88. The molecule has 2 aliphatic heterocycles. The fourth-order valence-corrected chi connectivity index (χ4v) is 4.12. The van der Waals surface area contributed by atoms with E-state index in [1.54, 1.807) is 36.4 Å². The number of rotatable bonds is 8. The van der Waals surface area contributed by atoms with Crippen LogP contribution in [0.3, 0.4) is 0 Å². The number of hydrogen-bond acceptors (Lipinski definition) is 8. The van der Waals surface area contributed by atoms with Crippen LogP contribution >= 0.6 is 0 Å². The SMILES string of the molecule is COc1cnc2cccc(CNCCC[C@H]3CN(c4ccc5c(c4)NC(=O)CO5)C(=O)O3)c2n1. The zero-order chi connectivity index (χ0) is 23.5. The number of methoxy groups -OCH3 is 1. The molecule has 10 heteroatoms. The highest BCUT2D eigenvalue weighted by atomic mass is 16.6. The zero-order valence-corrected chi connectivity index (χ0v) is 18.7. The van der Waals surface area contributed by atoms with Gasteiger partial charge in [-0.15, -0.1) is 0 Å². The van der Waals surface area contributed by atoms with Crippen molar-refractivity contribution in [3.05, 3.63) is 48.2 Å². The van der Waals surface area contributed by atoms with Crippen LogP contribution < -0.4 is 25.0 Å². The maximum absolute atomic E-state index is 12.4. The quantitative estimate of drug-likeness (QED) is 0.490. The van der Waals surface area contributed by atoms with Crippen molar-refractivity contribution in [3.63, 3.8) is 0 Å². The van der Waals surface area contributed by atoms with Gasteiger partial charge in [0.05, 0.1) is 36.6 Å². The van der Waals surface area contributed by atoms with E-state index in [1.807, 2.05) is 18.2 Å². The summed E-state index contributed by atoms with van der Waals surface area (Å²) in [6.07, 6.45) is 2.62. The topological polar surface area (TPSA) is 115 Å². The van der Waals surface area contributed by atoms with Crippen LogP contribution in [0.25, 0.3) is 11.0 Å². The molecular weight excluding hydrogens is 438 g/mol. The molecule has 5 rings (SSSR count). The molecule has 0 radical (unpaired) electrons. The highest BCUT2D eigenvalue weighted by molar-refractivity contribution is 5.97. The second-order valence-corrected chi connectivity index (χ2v) is 8.15. The van der Waals surface area contributed by atoms with Gasteiger partial charge in [-0.3, -0.25) is 9.69 Å². The Morgan fingerprint density at radius 2 is 2.18 bits per heavy atom. The summed E-state index contributed by atoms with van der Waals surface area (Å²) in [4.78, 5) is 34.5. The number of carbonyl (C=O) groups is 2. The Morgan fingerprint density at radius 1 is 1.26 bits per heavy atom. The molecule has 0 saturated carbocycles. The van der Waals surface area contributed by atoms with Crippen molar-refractivity contribution < 1.29 is 23.8 Å². The third kappa shape index (κ3) is 4.58. The van der Waals surface area contributed by atoms with Crippen LogP contribution in [0.1, 0.15) is 18.4 Å². The fourth-order valence-electron chi connectivity index (χ4n) is 4.12. The minimum absolute atomic E-state index is 0.00367. The number of para-hydroxylation sites is 1. The third-order valence-corrected chi connectivity index (χ3v) is 5.82. The molecule has 2 aliphatic rings. The normalized spacial score (nSPS) is 17.2. The molecule has 2 N–H and O–H groups in total. The van der Waals surface area contributed by atoms with E-state index in [1.165, 1.54) is 0 Å². The third-order valence-electron chi connectivity index (χ3n) is 5.82. The number of hydrogen-bond donors (Lipinski definition) is 2. The lowest BCUT2D eigenvalue weighted by molar-refractivity contribution is -0.118. The van der Waals surface area contributed by atoms with Gasteiger partial charge < -0.3 is 24.8 Å². The summed E-state index contributed by atoms with van der Waals surface area (Å²) < 4.78 is 16.1. The van der Waals surface area contributed by atoms with E-state index in [0.717, 1.165) is 36.0 Å². The molecule has 1 atom stereocenters. The lowest BCUT2D eigenvalue weighted by Crippen LogP contribution is -2.27. The van der Waals surface area contributed by atoms with E-state index >= 15 is 0 Å².